The smallest absolute Gasteiger partial charge is 0.310 e. The molecule has 1 fully saturated rings. The van der Waals surface area contributed by atoms with Crippen LogP contribution in [0.2, 0.25) is 0 Å². The van der Waals surface area contributed by atoms with E-state index < -0.39 is 0 Å². The highest BCUT2D eigenvalue weighted by Crippen LogP contribution is 2.22. The van der Waals surface area contributed by atoms with Gasteiger partial charge < -0.3 is 9.64 Å². The van der Waals surface area contributed by atoms with Crippen LogP contribution in [0.5, 0.6) is 0 Å². The van der Waals surface area contributed by atoms with Gasteiger partial charge in [-0.05, 0) is 31.9 Å². The lowest BCUT2D eigenvalue weighted by molar-refractivity contribution is -0.151. The first-order valence-corrected chi connectivity index (χ1v) is 10.7. The zero-order valence-electron chi connectivity index (χ0n) is 16.5. The maximum atomic E-state index is 12.8. The Labute approximate surface area is 173 Å². The molecule has 0 saturated carbocycles. The van der Waals surface area contributed by atoms with Crippen LogP contribution in [0.25, 0.3) is 10.9 Å². The lowest BCUT2D eigenvalue weighted by Crippen LogP contribution is -2.43. The SMILES string of the molecule is C=CCn1c(SCC(=O)N2CCC[C@H](C(=O)OCC)C2)nc2ccccc2c1=O. The number of carbonyl (C=O) groups is 2. The molecule has 154 valence electrons. The van der Waals surface area contributed by atoms with E-state index in [4.69, 9.17) is 4.74 Å². The Morgan fingerprint density at radius 3 is 2.93 bits per heavy atom. The van der Waals surface area contributed by atoms with Gasteiger partial charge in [0.2, 0.25) is 5.91 Å². The average molecular weight is 416 g/mol. The minimum atomic E-state index is -0.268. The summed E-state index contributed by atoms with van der Waals surface area (Å²) < 4.78 is 6.63. The van der Waals surface area contributed by atoms with E-state index in [9.17, 15) is 14.4 Å². The quantitative estimate of drug-likeness (QED) is 0.299. The monoisotopic (exact) mass is 415 g/mol. The first-order valence-electron chi connectivity index (χ1n) is 9.72. The van der Waals surface area contributed by atoms with Crippen molar-refractivity contribution in [3.05, 3.63) is 47.3 Å². The van der Waals surface area contributed by atoms with Crippen LogP contribution in [0, 0.1) is 5.92 Å². The fraction of sp³-hybridized carbons (Fsp3) is 0.429. The van der Waals surface area contributed by atoms with Crippen LogP contribution in [0.1, 0.15) is 19.8 Å². The van der Waals surface area contributed by atoms with Crippen molar-refractivity contribution in [2.45, 2.75) is 31.5 Å². The van der Waals surface area contributed by atoms with Crippen molar-refractivity contribution in [3.63, 3.8) is 0 Å². The summed E-state index contributed by atoms with van der Waals surface area (Å²) in [6.45, 7) is 7.15. The second-order valence-corrected chi connectivity index (χ2v) is 7.78. The molecule has 1 aromatic carbocycles. The molecule has 0 aliphatic carbocycles. The number of likely N-dealkylation sites (tertiary alicyclic amines) is 1. The normalized spacial score (nSPS) is 16.6. The summed E-state index contributed by atoms with van der Waals surface area (Å²) in [5.41, 5.74) is 0.457. The van der Waals surface area contributed by atoms with Crippen LogP contribution in [-0.4, -0.2) is 51.8 Å². The molecular weight excluding hydrogens is 390 g/mol. The number of carbonyl (C=O) groups excluding carboxylic acids is 2. The Balaban J connectivity index is 1.73. The molecule has 0 N–H and O–H groups in total. The van der Waals surface area contributed by atoms with Gasteiger partial charge in [-0.1, -0.05) is 30.0 Å². The van der Waals surface area contributed by atoms with Crippen molar-refractivity contribution in [2.24, 2.45) is 5.92 Å². The van der Waals surface area contributed by atoms with Gasteiger partial charge in [-0.15, -0.1) is 6.58 Å². The fourth-order valence-corrected chi connectivity index (χ4v) is 4.33. The van der Waals surface area contributed by atoms with Crippen LogP contribution < -0.4 is 5.56 Å². The van der Waals surface area contributed by atoms with Crippen molar-refractivity contribution < 1.29 is 14.3 Å². The Morgan fingerprint density at radius 1 is 1.38 bits per heavy atom. The van der Waals surface area contributed by atoms with Crippen LogP contribution >= 0.6 is 11.8 Å². The summed E-state index contributed by atoms with van der Waals surface area (Å²) in [5, 5.41) is 1.03. The molecule has 0 radical (unpaired) electrons. The second-order valence-electron chi connectivity index (χ2n) is 6.84. The van der Waals surface area contributed by atoms with E-state index in [0.29, 0.717) is 42.3 Å². The molecule has 8 heteroatoms. The highest BCUT2D eigenvalue weighted by molar-refractivity contribution is 7.99. The zero-order chi connectivity index (χ0) is 20.8. The summed E-state index contributed by atoms with van der Waals surface area (Å²) >= 11 is 1.23. The van der Waals surface area contributed by atoms with E-state index in [2.05, 4.69) is 11.6 Å². The van der Waals surface area contributed by atoms with E-state index in [1.807, 2.05) is 6.07 Å². The van der Waals surface area contributed by atoms with Crippen molar-refractivity contribution in [1.82, 2.24) is 14.5 Å². The summed E-state index contributed by atoms with van der Waals surface area (Å²) in [4.78, 5) is 43.8. The number of hydrogen-bond acceptors (Lipinski definition) is 6. The molecule has 1 aromatic heterocycles. The van der Waals surface area contributed by atoms with Crippen molar-refractivity contribution in [1.29, 1.82) is 0 Å². The van der Waals surface area contributed by atoms with E-state index in [1.54, 1.807) is 36.1 Å². The van der Waals surface area contributed by atoms with Crippen LogP contribution in [-0.2, 0) is 20.9 Å². The number of hydrogen-bond donors (Lipinski definition) is 0. The Morgan fingerprint density at radius 2 is 2.17 bits per heavy atom. The van der Waals surface area contributed by atoms with Gasteiger partial charge in [0.25, 0.3) is 5.56 Å². The van der Waals surface area contributed by atoms with Gasteiger partial charge in [0.05, 0.1) is 29.2 Å². The first-order chi connectivity index (χ1) is 14.0. The number of ether oxygens (including phenoxy) is 1. The van der Waals surface area contributed by atoms with E-state index >= 15 is 0 Å². The molecule has 0 unspecified atom stereocenters. The molecule has 7 nitrogen and oxygen atoms in total. The van der Waals surface area contributed by atoms with Crippen molar-refractivity contribution in [2.75, 3.05) is 25.4 Å². The maximum Gasteiger partial charge on any atom is 0.310 e. The summed E-state index contributed by atoms with van der Waals surface area (Å²) in [6, 6.07) is 7.16. The number of benzene rings is 1. The molecule has 1 atom stereocenters. The fourth-order valence-electron chi connectivity index (χ4n) is 3.42. The van der Waals surface area contributed by atoms with Crippen molar-refractivity contribution >= 4 is 34.5 Å². The van der Waals surface area contributed by atoms with Crippen molar-refractivity contribution in [3.8, 4) is 0 Å². The molecular formula is C21H25N3O4S. The largest absolute Gasteiger partial charge is 0.466 e. The molecule has 0 spiro atoms. The number of para-hydroxylation sites is 1. The minimum Gasteiger partial charge on any atom is -0.466 e. The molecule has 3 rings (SSSR count). The van der Waals surface area contributed by atoms with E-state index in [1.165, 1.54) is 16.3 Å². The van der Waals surface area contributed by atoms with Crippen LogP contribution in [0.3, 0.4) is 0 Å². The standard InChI is InChI=1S/C21H25N3O4S/c1-3-11-24-19(26)16-9-5-6-10-17(16)22-21(24)29-14-18(25)23-12-7-8-15(13-23)20(27)28-4-2/h3,5-6,9-10,15H,1,4,7-8,11-14H2,2H3/t15-/m0/s1. The number of esters is 1. The van der Waals surface area contributed by atoms with Gasteiger partial charge in [-0.2, -0.15) is 0 Å². The Kier molecular flexibility index (Phi) is 7.09. The molecule has 1 aliphatic rings. The number of fused-ring (bicyclic) bond motifs is 1. The molecule has 1 amide bonds. The molecule has 2 aromatic rings. The van der Waals surface area contributed by atoms with Gasteiger partial charge in [0, 0.05) is 19.6 Å². The lowest BCUT2D eigenvalue weighted by Gasteiger charge is -2.31. The molecule has 1 saturated heterocycles. The average Bonchev–Trinajstić information content (AvgIpc) is 2.74. The second kappa shape index (κ2) is 9.73. The van der Waals surface area contributed by atoms with Gasteiger partial charge in [0.1, 0.15) is 0 Å². The number of allylic oxidation sites excluding steroid dienone is 1. The van der Waals surface area contributed by atoms with Crippen LogP contribution in [0.15, 0.2) is 46.9 Å². The van der Waals surface area contributed by atoms with E-state index in [0.717, 1.165) is 12.8 Å². The number of nitrogens with zero attached hydrogens (tertiary/aromatic N) is 3. The predicted octanol–water partition coefficient (Wildman–Crippen LogP) is 2.48. The Hall–Kier alpha value is -2.61. The molecule has 2 heterocycles. The number of rotatable bonds is 7. The number of piperidine rings is 1. The predicted molar refractivity (Wildman–Crippen MR) is 113 cm³/mol. The lowest BCUT2D eigenvalue weighted by atomic mass is 9.98. The third-order valence-corrected chi connectivity index (χ3v) is 5.82. The number of aromatic nitrogens is 2. The van der Waals surface area contributed by atoms with Gasteiger partial charge >= 0.3 is 5.97 Å². The highest BCUT2D eigenvalue weighted by atomic mass is 32.2. The Bertz CT molecular complexity index is 972. The van der Waals surface area contributed by atoms with Gasteiger partial charge in [0.15, 0.2) is 5.16 Å². The summed E-state index contributed by atoms with van der Waals surface area (Å²) in [5.74, 6) is -0.432. The number of thioether (sulfide) groups is 1. The molecule has 1 aliphatic heterocycles. The van der Waals surface area contributed by atoms with Crippen LogP contribution in [0.4, 0.5) is 0 Å². The minimum absolute atomic E-state index is 0.0726. The third-order valence-electron chi connectivity index (χ3n) is 4.86. The molecule has 29 heavy (non-hydrogen) atoms. The maximum absolute atomic E-state index is 12.8. The molecule has 0 bridgehead atoms. The van der Waals surface area contributed by atoms with Gasteiger partial charge in [-0.3, -0.25) is 19.0 Å². The van der Waals surface area contributed by atoms with E-state index in [-0.39, 0.29) is 29.1 Å². The highest BCUT2D eigenvalue weighted by Gasteiger charge is 2.29. The van der Waals surface area contributed by atoms with Gasteiger partial charge in [-0.25, -0.2) is 4.98 Å². The number of amides is 1. The zero-order valence-corrected chi connectivity index (χ0v) is 17.3. The first kappa shape index (κ1) is 21.1. The third kappa shape index (κ3) is 4.87. The summed E-state index contributed by atoms with van der Waals surface area (Å²) in [7, 11) is 0. The topological polar surface area (TPSA) is 81.5 Å². The summed E-state index contributed by atoms with van der Waals surface area (Å²) in [6.07, 6.45) is 3.15.